The van der Waals surface area contributed by atoms with Crippen molar-refractivity contribution in [1.29, 1.82) is 0 Å². The first-order valence-corrected chi connectivity index (χ1v) is 9.36. The Labute approximate surface area is 166 Å². The van der Waals surface area contributed by atoms with Gasteiger partial charge in [-0.3, -0.25) is 9.59 Å². The van der Waals surface area contributed by atoms with Gasteiger partial charge in [-0.05, 0) is 42.7 Å². The number of piperidine rings is 1. The van der Waals surface area contributed by atoms with E-state index in [0.717, 1.165) is 28.9 Å². The minimum absolute atomic E-state index is 0.190. The Morgan fingerprint density at radius 2 is 1.90 bits per heavy atom. The lowest BCUT2D eigenvalue weighted by atomic mass is 9.90. The molecule has 0 unspecified atom stereocenters. The van der Waals surface area contributed by atoms with Crippen LogP contribution in [0.2, 0.25) is 0 Å². The van der Waals surface area contributed by atoms with Gasteiger partial charge < -0.3 is 15.1 Å². The number of alkyl halides is 3. The Bertz CT molecular complexity index is 960. The monoisotopic (exact) mass is 403 g/mol. The molecule has 0 radical (unpaired) electrons. The van der Waals surface area contributed by atoms with Crippen LogP contribution in [0.1, 0.15) is 34.8 Å². The normalized spacial score (nSPS) is 20.8. The van der Waals surface area contributed by atoms with Crippen molar-refractivity contribution in [2.24, 2.45) is 0 Å². The molecule has 2 aliphatic heterocycles. The van der Waals surface area contributed by atoms with Crippen molar-refractivity contribution >= 4 is 29.3 Å². The van der Waals surface area contributed by atoms with Crippen LogP contribution in [0.3, 0.4) is 0 Å². The summed E-state index contributed by atoms with van der Waals surface area (Å²) in [6, 6.07) is 12.4. The van der Waals surface area contributed by atoms with Crippen LogP contribution in [0.25, 0.3) is 0 Å². The number of amides is 1. The zero-order chi connectivity index (χ0) is 20.8. The number of rotatable bonds is 2. The standard InChI is InChI=1S/C21H20F3N3O2/c1-26-16-5-3-2-4-15(16)18-11-14(25-20(29)21(22,23)24)8-9-27(18)17-7-6-13(12-28)10-19(17)26/h2-7,10,12,14,18H,8-9,11H2,1H3,(H,25,29)/t14-,18+/m0/s1. The second-order valence-corrected chi connectivity index (χ2v) is 7.39. The molecule has 4 rings (SSSR count). The number of fused-ring (bicyclic) bond motifs is 5. The topological polar surface area (TPSA) is 52.7 Å². The Balaban J connectivity index is 1.74. The summed E-state index contributed by atoms with van der Waals surface area (Å²) < 4.78 is 38.1. The number of anilines is 3. The molecule has 0 bridgehead atoms. The maximum Gasteiger partial charge on any atom is 0.471 e. The molecule has 8 heteroatoms. The zero-order valence-electron chi connectivity index (χ0n) is 15.7. The number of halogens is 3. The highest BCUT2D eigenvalue weighted by Gasteiger charge is 2.42. The van der Waals surface area contributed by atoms with Crippen LogP contribution in [0.5, 0.6) is 0 Å². The van der Waals surface area contributed by atoms with Crippen LogP contribution < -0.4 is 15.1 Å². The predicted octanol–water partition coefficient (Wildman–Crippen LogP) is 3.97. The number of nitrogens with one attached hydrogen (secondary N) is 1. The van der Waals surface area contributed by atoms with Crippen LogP contribution in [-0.4, -0.2) is 38.0 Å². The fourth-order valence-corrected chi connectivity index (χ4v) is 4.28. The third-order valence-electron chi connectivity index (χ3n) is 5.66. The van der Waals surface area contributed by atoms with Gasteiger partial charge in [0.1, 0.15) is 6.29 Å². The van der Waals surface area contributed by atoms with E-state index < -0.39 is 18.1 Å². The molecule has 1 N–H and O–H groups in total. The largest absolute Gasteiger partial charge is 0.471 e. The molecule has 2 aliphatic rings. The molecule has 1 saturated heterocycles. The highest BCUT2D eigenvalue weighted by atomic mass is 19.4. The summed E-state index contributed by atoms with van der Waals surface area (Å²) in [6.07, 6.45) is -3.33. The van der Waals surface area contributed by atoms with Gasteiger partial charge in [0.25, 0.3) is 0 Å². The van der Waals surface area contributed by atoms with Gasteiger partial charge in [0.15, 0.2) is 0 Å². The molecule has 0 aromatic heterocycles. The molecular formula is C21H20F3N3O2. The van der Waals surface area contributed by atoms with E-state index in [0.29, 0.717) is 24.9 Å². The summed E-state index contributed by atoms with van der Waals surface area (Å²) in [4.78, 5) is 26.9. The Morgan fingerprint density at radius 3 is 2.62 bits per heavy atom. The number of hydrogen-bond donors (Lipinski definition) is 1. The molecule has 2 aromatic carbocycles. The highest BCUT2D eigenvalue weighted by molar-refractivity contribution is 5.87. The lowest BCUT2D eigenvalue weighted by Crippen LogP contribution is -2.49. The molecule has 0 saturated carbocycles. The van der Waals surface area contributed by atoms with E-state index in [9.17, 15) is 22.8 Å². The number of nitrogens with zero attached hydrogens (tertiary/aromatic N) is 2. The van der Waals surface area contributed by atoms with Crippen molar-refractivity contribution in [2.75, 3.05) is 23.4 Å². The maximum atomic E-state index is 12.7. The molecular weight excluding hydrogens is 383 g/mol. The highest BCUT2D eigenvalue weighted by Crippen LogP contribution is 2.48. The van der Waals surface area contributed by atoms with E-state index in [1.807, 2.05) is 48.3 Å². The Kier molecular flexibility index (Phi) is 4.72. The second-order valence-electron chi connectivity index (χ2n) is 7.39. The van der Waals surface area contributed by atoms with Gasteiger partial charge in [-0.25, -0.2) is 0 Å². The molecule has 2 aromatic rings. The van der Waals surface area contributed by atoms with Crippen molar-refractivity contribution in [3.8, 4) is 0 Å². The number of para-hydroxylation sites is 1. The first kappa shape index (κ1) is 19.3. The first-order chi connectivity index (χ1) is 13.8. The lowest BCUT2D eigenvalue weighted by Gasteiger charge is -2.41. The molecule has 1 amide bonds. The van der Waals surface area contributed by atoms with Gasteiger partial charge in [-0.2, -0.15) is 13.2 Å². The van der Waals surface area contributed by atoms with Crippen molar-refractivity contribution in [3.63, 3.8) is 0 Å². The molecule has 0 aliphatic carbocycles. The third-order valence-corrected chi connectivity index (χ3v) is 5.66. The number of carbonyl (C=O) groups is 2. The van der Waals surface area contributed by atoms with Gasteiger partial charge in [0.2, 0.25) is 0 Å². The summed E-state index contributed by atoms with van der Waals surface area (Å²) in [7, 11) is 1.91. The number of aldehydes is 1. The van der Waals surface area contributed by atoms with Crippen molar-refractivity contribution in [3.05, 3.63) is 53.6 Å². The van der Waals surface area contributed by atoms with E-state index in [-0.39, 0.29) is 6.04 Å². The maximum absolute atomic E-state index is 12.7. The number of carbonyl (C=O) groups excluding carboxylic acids is 2. The SMILES string of the molecule is CN1c2ccccc2[C@H]2C[C@@H](NC(=O)C(F)(F)F)CCN2c2ccc(C=O)cc21. The average Bonchev–Trinajstić information content (AvgIpc) is 2.81. The van der Waals surface area contributed by atoms with E-state index in [4.69, 9.17) is 0 Å². The van der Waals surface area contributed by atoms with E-state index in [1.165, 1.54) is 0 Å². The van der Waals surface area contributed by atoms with Crippen LogP contribution in [0, 0.1) is 0 Å². The Morgan fingerprint density at radius 1 is 1.14 bits per heavy atom. The van der Waals surface area contributed by atoms with Crippen molar-refractivity contribution < 1.29 is 22.8 Å². The molecule has 2 heterocycles. The average molecular weight is 403 g/mol. The Hall–Kier alpha value is -3.03. The summed E-state index contributed by atoms with van der Waals surface area (Å²) in [5.41, 5.74) is 4.23. The van der Waals surface area contributed by atoms with Crippen LogP contribution in [-0.2, 0) is 4.79 Å². The summed E-state index contributed by atoms with van der Waals surface area (Å²) in [5, 5.41) is 2.15. The minimum Gasteiger partial charge on any atom is -0.363 e. The first-order valence-electron chi connectivity index (χ1n) is 9.36. The summed E-state index contributed by atoms with van der Waals surface area (Å²) >= 11 is 0. The van der Waals surface area contributed by atoms with Crippen LogP contribution in [0.4, 0.5) is 30.2 Å². The van der Waals surface area contributed by atoms with Crippen LogP contribution in [0.15, 0.2) is 42.5 Å². The second kappa shape index (κ2) is 7.09. The van der Waals surface area contributed by atoms with E-state index in [1.54, 1.807) is 6.07 Å². The van der Waals surface area contributed by atoms with Gasteiger partial charge in [-0.15, -0.1) is 0 Å². The third kappa shape index (κ3) is 3.43. The summed E-state index contributed by atoms with van der Waals surface area (Å²) in [6.45, 7) is 0.489. The molecule has 0 spiro atoms. The van der Waals surface area contributed by atoms with E-state index in [2.05, 4.69) is 10.2 Å². The molecule has 29 heavy (non-hydrogen) atoms. The van der Waals surface area contributed by atoms with Gasteiger partial charge in [0, 0.05) is 30.9 Å². The minimum atomic E-state index is -4.89. The van der Waals surface area contributed by atoms with Gasteiger partial charge >= 0.3 is 12.1 Å². The molecule has 2 atom stereocenters. The predicted molar refractivity (Wildman–Crippen MR) is 104 cm³/mol. The lowest BCUT2D eigenvalue weighted by molar-refractivity contribution is -0.174. The number of benzene rings is 2. The number of hydrogen-bond acceptors (Lipinski definition) is 4. The van der Waals surface area contributed by atoms with Crippen LogP contribution >= 0.6 is 0 Å². The molecule has 1 fully saturated rings. The zero-order valence-corrected chi connectivity index (χ0v) is 15.7. The van der Waals surface area contributed by atoms with Crippen molar-refractivity contribution in [1.82, 2.24) is 5.32 Å². The summed E-state index contributed by atoms with van der Waals surface area (Å²) in [5.74, 6) is -1.90. The fraction of sp³-hybridized carbons (Fsp3) is 0.333. The van der Waals surface area contributed by atoms with Crippen molar-refractivity contribution in [2.45, 2.75) is 31.1 Å². The van der Waals surface area contributed by atoms with Gasteiger partial charge in [0.05, 0.1) is 17.4 Å². The smallest absolute Gasteiger partial charge is 0.363 e. The molecule has 152 valence electrons. The van der Waals surface area contributed by atoms with E-state index >= 15 is 0 Å². The van der Waals surface area contributed by atoms with Gasteiger partial charge in [-0.1, -0.05) is 18.2 Å². The fourth-order valence-electron chi connectivity index (χ4n) is 4.28. The molecule has 5 nitrogen and oxygen atoms in total. The quantitative estimate of drug-likeness (QED) is 0.771.